The first-order valence-corrected chi connectivity index (χ1v) is 6.93. The zero-order valence-electron chi connectivity index (χ0n) is 8.66. The lowest BCUT2D eigenvalue weighted by molar-refractivity contribution is 0.837. The molecule has 1 aliphatic heterocycles. The van der Waals surface area contributed by atoms with Gasteiger partial charge in [-0.1, -0.05) is 28.1 Å². The fraction of sp³-hybridized carbons (Fsp3) is 0.250. The summed E-state index contributed by atoms with van der Waals surface area (Å²) < 4.78 is 1.11. The van der Waals surface area contributed by atoms with E-state index in [4.69, 9.17) is 0 Å². The summed E-state index contributed by atoms with van der Waals surface area (Å²) in [6.07, 6.45) is 2.38. The maximum absolute atomic E-state index is 4.64. The van der Waals surface area contributed by atoms with Gasteiger partial charge in [-0.25, -0.2) is 4.98 Å². The van der Waals surface area contributed by atoms with Gasteiger partial charge in [0.05, 0.1) is 0 Å². The first-order valence-electron chi connectivity index (χ1n) is 5.32. The van der Waals surface area contributed by atoms with E-state index < -0.39 is 0 Å². The van der Waals surface area contributed by atoms with Gasteiger partial charge in [0, 0.05) is 21.5 Å². The van der Waals surface area contributed by atoms with Crippen molar-refractivity contribution in [1.82, 2.24) is 4.98 Å². The van der Waals surface area contributed by atoms with E-state index in [0.717, 1.165) is 28.3 Å². The van der Waals surface area contributed by atoms with Crippen LogP contribution >= 0.6 is 27.3 Å². The Labute approximate surface area is 107 Å². The van der Waals surface area contributed by atoms with Gasteiger partial charge >= 0.3 is 0 Å². The van der Waals surface area contributed by atoms with Crippen molar-refractivity contribution >= 4 is 33.1 Å². The lowest BCUT2D eigenvalue weighted by Gasteiger charge is -2.10. The van der Waals surface area contributed by atoms with Crippen LogP contribution in [0.5, 0.6) is 0 Å². The Hall–Kier alpha value is -0.870. The van der Waals surface area contributed by atoms with Crippen LogP contribution in [-0.4, -0.2) is 11.5 Å². The largest absolute Gasteiger partial charge is 0.369 e. The van der Waals surface area contributed by atoms with Gasteiger partial charge in [-0.3, -0.25) is 0 Å². The summed E-state index contributed by atoms with van der Waals surface area (Å²) in [4.78, 5) is 6.04. The minimum Gasteiger partial charge on any atom is -0.369 e. The Morgan fingerprint density at radius 3 is 2.81 bits per heavy atom. The standard InChI is InChI=1S/C12H11BrN2S/c13-9-5-3-8(4-6-9)12-15-11-10(16-12)2-1-7-14-11/h3-6,14H,1-2,7H2. The molecule has 0 spiro atoms. The highest BCUT2D eigenvalue weighted by atomic mass is 79.9. The van der Waals surface area contributed by atoms with Gasteiger partial charge in [0.15, 0.2) is 0 Å². The number of nitrogens with zero attached hydrogens (tertiary/aromatic N) is 1. The predicted octanol–water partition coefficient (Wildman–Crippen LogP) is 3.93. The van der Waals surface area contributed by atoms with Crippen LogP contribution in [0.15, 0.2) is 28.7 Å². The zero-order chi connectivity index (χ0) is 11.0. The highest BCUT2D eigenvalue weighted by Gasteiger charge is 2.15. The molecule has 16 heavy (non-hydrogen) atoms. The molecule has 2 nitrogen and oxygen atoms in total. The second-order valence-corrected chi connectivity index (χ2v) is 5.83. The number of hydrogen-bond acceptors (Lipinski definition) is 3. The van der Waals surface area contributed by atoms with Gasteiger partial charge in [-0.05, 0) is 25.0 Å². The van der Waals surface area contributed by atoms with Gasteiger partial charge in [0.25, 0.3) is 0 Å². The number of hydrogen-bond donors (Lipinski definition) is 1. The fourth-order valence-corrected chi connectivity index (χ4v) is 3.18. The van der Waals surface area contributed by atoms with Crippen LogP contribution in [0.25, 0.3) is 10.6 Å². The second-order valence-electron chi connectivity index (χ2n) is 3.83. The molecular formula is C12H11BrN2S. The number of halogens is 1. The Morgan fingerprint density at radius 2 is 2.06 bits per heavy atom. The molecule has 0 aliphatic carbocycles. The third kappa shape index (κ3) is 1.87. The number of rotatable bonds is 1. The Morgan fingerprint density at radius 1 is 1.25 bits per heavy atom. The summed E-state index contributed by atoms with van der Waals surface area (Å²) in [7, 11) is 0. The summed E-state index contributed by atoms with van der Waals surface area (Å²) in [5.74, 6) is 1.09. The van der Waals surface area contributed by atoms with Crippen molar-refractivity contribution in [3.63, 3.8) is 0 Å². The van der Waals surface area contributed by atoms with Gasteiger partial charge in [0.1, 0.15) is 10.8 Å². The summed E-state index contributed by atoms with van der Waals surface area (Å²) in [5, 5.41) is 4.47. The van der Waals surface area contributed by atoms with Crippen molar-refractivity contribution < 1.29 is 0 Å². The molecule has 82 valence electrons. The quantitative estimate of drug-likeness (QED) is 0.862. The second kappa shape index (κ2) is 4.18. The number of aromatic nitrogens is 1. The molecule has 1 aromatic carbocycles. The summed E-state index contributed by atoms with van der Waals surface area (Å²) in [6, 6.07) is 8.33. The predicted molar refractivity (Wildman–Crippen MR) is 72.1 cm³/mol. The molecule has 0 unspecified atom stereocenters. The molecule has 0 radical (unpaired) electrons. The zero-order valence-corrected chi connectivity index (χ0v) is 11.1. The van der Waals surface area contributed by atoms with E-state index in [-0.39, 0.29) is 0 Å². The van der Waals surface area contributed by atoms with E-state index in [2.05, 4.69) is 50.5 Å². The Balaban J connectivity index is 2.00. The van der Waals surface area contributed by atoms with Crippen molar-refractivity contribution in [1.29, 1.82) is 0 Å². The molecular weight excluding hydrogens is 284 g/mol. The van der Waals surface area contributed by atoms with E-state index in [0.29, 0.717) is 0 Å². The van der Waals surface area contributed by atoms with E-state index in [1.165, 1.54) is 16.9 Å². The van der Waals surface area contributed by atoms with Crippen molar-refractivity contribution in [2.45, 2.75) is 12.8 Å². The lowest BCUT2D eigenvalue weighted by atomic mass is 10.2. The monoisotopic (exact) mass is 294 g/mol. The van der Waals surface area contributed by atoms with Gasteiger partial charge in [0.2, 0.25) is 0 Å². The van der Waals surface area contributed by atoms with Crippen LogP contribution in [0.3, 0.4) is 0 Å². The summed E-state index contributed by atoms with van der Waals surface area (Å²) in [5.41, 5.74) is 1.20. The number of nitrogens with one attached hydrogen (secondary N) is 1. The Kier molecular flexibility index (Phi) is 2.69. The average Bonchev–Trinajstić information content (AvgIpc) is 2.73. The molecule has 0 bridgehead atoms. The molecule has 2 heterocycles. The molecule has 0 saturated carbocycles. The molecule has 1 aromatic heterocycles. The minimum atomic E-state index is 1.05. The first kappa shape index (κ1) is 10.3. The van der Waals surface area contributed by atoms with Crippen molar-refractivity contribution in [3.8, 4) is 10.6 Å². The van der Waals surface area contributed by atoms with Crippen LogP contribution in [0, 0.1) is 0 Å². The van der Waals surface area contributed by atoms with Gasteiger partial charge in [-0.2, -0.15) is 0 Å². The number of anilines is 1. The van der Waals surface area contributed by atoms with E-state index in [9.17, 15) is 0 Å². The Bertz CT molecular complexity index is 481. The highest BCUT2D eigenvalue weighted by Crippen LogP contribution is 2.34. The molecule has 0 saturated heterocycles. The summed E-state index contributed by atoms with van der Waals surface area (Å²) >= 11 is 5.25. The van der Waals surface area contributed by atoms with E-state index >= 15 is 0 Å². The molecule has 0 atom stereocenters. The number of thiazole rings is 1. The number of fused-ring (bicyclic) bond motifs is 1. The van der Waals surface area contributed by atoms with Crippen molar-refractivity contribution in [2.24, 2.45) is 0 Å². The molecule has 2 aromatic rings. The lowest BCUT2D eigenvalue weighted by Crippen LogP contribution is -2.09. The van der Waals surface area contributed by atoms with Crippen molar-refractivity contribution in [3.05, 3.63) is 33.6 Å². The van der Waals surface area contributed by atoms with Crippen molar-refractivity contribution in [2.75, 3.05) is 11.9 Å². The van der Waals surface area contributed by atoms with Crippen LogP contribution in [0.2, 0.25) is 0 Å². The van der Waals surface area contributed by atoms with Crippen LogP contribution in [0.4, 0.5) is 5.82 Å². The van der Waals surface area contributed by atoms with E-state index in [1.54, 1.807) is 11.3 Å². The maximum Gasteiger partial charge on any atom is 0.140 e. The van der Waals surface area contributed by atoms with Crippen LogP contribution in [0.1, 0.15) is 11.3 Å². The van der Waals surface area contributed by atoms with Crippen LogP contribution in [-0.2, 0) is 6.42 Å². The third-order valence-electron chi connectivity index (χ3n) is 2.66. The van der Waals surface area contributed by atoms with Gasteiger partial charge in [-0.15, -0.1) is 11.3 Å². The first-order chi connectivity index (χ1) is 7.83. The fourth-order valence-electron chi connectivity index (χ4n) is 1.83. The molecule has 3 rings (SSSR count). The van der Waals surface area contributed by atoms with Crippen LogP contribution < -0.4 is 5.32 Å². The molecule has 1 aliphatic rings. The highest BCUT2D eigenvalue weighted by molar-refractivity contribution is 9.10. The number of aryl methyl sites for hydroxylation is 1. The minimum absolute atomic E-state index is 1.05. The maximum atomic E-state index is 4.64. The number of benzene rings is 1. The molecule has 0 amide bonds. The normalized spacial score (nSPS) is 14.3. The van der Waals surface area contributed by atoms with Gasteiger partial charge < -0.3 is 5.32 Å². The smallest absolute Gasteiger partial charge is 0.140 e. The van der Waals surface area contributed by atoms with E-state index in [1.807, 2.05) is 0 Å². The molecule has 0 fully saturated rings. The summed E-state index contributed by atoms with van der Waals surface area (Å²) in [6.45, 7) is 1.05. The third-order valence-corrected chi connectivity index (χ3v) is 4.35. The molecule has 1 N–H and O–H groups in total. The molecule has 4 heteroatoms. The average molecular weight is 295 g/mol. The SMILES string of the molecule is Brc1ccc(-c2nc3c(s2)CCCN3)cc1. The topological polar surface area (TPSA) is 24.9 Å².